The van der Waals surface area contributed by atoms with Gasteiger partial charge >= 0.3 is 0 Å². The highest BCUT2D eigenvalue weighted by molar-refractivity contribution is 5.38. The van der Waals surface area contributed by atoms with E-state index < -0.39 is 17.2 Å². The lowest BCUT2D eigenvalue weighted by Gasteiger charge is -2.19. The number of aliphatic imine (C=N–C) groups is 1. The van der Waals surface area contributed by atoms with Crippen LogP contribution in [0.25, 0.3) is 0 Å². The first-order valence-corrected chi connectivity index (χ1v) is 4.43. The van der Waals surface area contributed by atoms with Gasteiger partial charge in [0.25, 0.3) is 0 Å². The molecule has 1 aromatic carbocycles. The van der Waals surface area contributed by atoms with Crippen LogP contribution in [0.5, 0.6) is 0 Å². The predicted molar refractivity (Wildman–Crippen MR) is 52.2 cm³/mol. The molecule has 0 amide bonds. The first kappa shape index (κ1) is 11.5. The highest BCUT2D eigenvalue weighted by Gasteiger charge is 2.24. The molecule has 0 aromatic heterocycles. The highest BCUT2D eigenvalue weighted by atomic mass is 19.1. The maximum Gasteiger partial charge on any atom is 0.235 e. The number of benzene rings is 1. The van der Waals surface area contributed by atoms with Crippen molar-refractivity contribution in [2.45, 2.75) is 26.3 Å². The second-order valence-corrected chi connectivity index (χ2v) is 3.84. The average molecular weight is 211 g/mol. The van der Waals surface area contributed by atoms with Gasteiger partial charge in [-0.05, 0) is 38.5 Å². The average Bonchev–Trinajstić information content (AvgIpc) is 2.11. The summed E-state index contributed by atoms with van der Waals surface area (Å²) in [6, 6.07) is 2.15. The van der Waals surface area contributed by atoms with E-state index in [2.05, 4.69) is 4.99 Å². The maximum absolute atomic E-state index is 13.5. The molecule has 0 heterocycles. The van der Waals surface area contributed by atoms with Crippen molar-refractivity contribution in [3.63, 3.8) is 0 Å². The van der Waals surface area contributed by atoms with Crippen molar-refractivity contribution in [3.05, 3.63) is 34.9 Å². The Kier molecular flexibility index (Phi) is 3.01. The summed E-state index contributed by atoms with van der Waals surface area (Å²) in [6.45, 7) is 4.51. The molecule has 4 heteroatoms. The number of aryl methyl sites for hydroxylation is 1. The van der Waals surface area contributed by atoms with E-state index in [1.165, 1.54) is 26.9 Å². The molecule has 0 saturated heterocycles. The topological polar surface area (TPSA) is 29.4 Å². The van der Waals surface area contributed by atoms with Crippen LogP contribution in [0.2, 0.25) is 0 Å². The lowest BCUT2D eigenvalue weighted by molar-refractivity contribution is 0.483. The Morgan fingerprint density at radius 2 is 1.87 bits per heavy atom. The van der Waals surface area contributed by atoms with Crippen LogP contribution in [-0.2, 0) is 10.3 Å². The van der Waals surface area contributed by atoms with Crippen molar-refractivity contribution in [2.75, 3.05) is 0 Å². The Hall–Kier alpha value is -1.54. The van der Waals surface area contributed by atoms with E-state index in [1.807, 2.05) is 0 Å². The fourth-order valence-corrected chi connectivity index (χ4v) is 1.29. The minimum atomic E-state index is -1.10. The predicted octanol–water partition coefficient (Wildman–Crippen LogP) is 2.84. The summed E-state index contributed by atoms with van der Waals surface area (Å²) in [6.07, 6.45) is 1.35. The van der Waals surface area contributed by atoms with Crippen LogP contribution < -0.4 is 0 Å². The Balaban J connectivity index is 3.38. The fraction of sp³-hybridized carbons (Fsp3) is 0.364. The van der Waals surface area contributed by atoms with Crippen molar-refractivity contribution < 1.29 is 13.6 Å². The first-order chi connectivity index (χ1) is 6.88. The molecule has 2 nitrogen and oxygen atoms in total. The van der Waals surface area contributed by atoms with Gasteiger partial charge in [0, 0.05) is 5.56 Å². The number of nitrogens with zero attached hydrogens (tertiary/aromatic N) is 1. The van der Waals surface area contributed by atoms with Crippen molar-refractivity contribution in [1.82, 2.24) is 0 Å². The summed E-state index contributed by atoms with van der Waals surface area (Å²) >= 11 is 0. The highest BCUT2D eigenvalue weighted by Crippen LogP contribution is 2.28. The molecule has 0 aliphatic rings. The molecular weight excluding hydrogens is 200 g/mol. The third kappa shape index (κ3) is 2.28. The molecule has 0 spiro atoms. The molecule has 0 aliphatic heterocycles. The van der Waals surface area contributed by atoms with Gasteiger partial charge in [0.2, 0.25) is 6.08 Å². The fourth-order valence-electron chi connectivity index (χ4n) is 1.29. The standard InChI is InChI=1S/C11H11F2NO/c1-7-4-10(13)8(5-9(7)12)11(2,3)14-6-15/h4-5H,1-3H3. The number of rotatable bonds is 2. The van der Waals surface area contributed by atoms with Crippen molar-refractivity contribution in [2.24, 2.45) is 4.99 Å². The summed E-state index contributed by atoms with van der Waals surface area (Å²) in [5.41, 5.74) is -0.823. The molecule has 0 fully saturated rings. The quantitative estimate of drug-likeness (QED) is 0.546. The Morgan fingerprint density at radius 3 is 2.40 bits per heavy atom. The van der Waals surface area contributed by atoms with E-state index in [9.17, 15) is 13.6 Å². The van der Waals surface area contributed by atoms with E-state index in [0.29, 0.717) is 0 Å². The number of halogens is 2. The van der Waals surface area contributed by atoms with Gasteiger partial charge in [-0.3, -0.25) is 0 Å². The van der Waals surface area contributed by atoms with Gasteiger partial charge in [-0.2, -0.15) is 4.99 Å². The van der Waals surface area contributed by atoms with Crippen molar-refractivity contribution in [3.8, 4) is 0 Å². The van der Waals surface area contributed by atoms with Crippen LogP contribution in [0.4, 0.5) is 8.78 Å². The molecular formula is C11H11F2NO. The Labute approximate surface area is 86.6 Å². The minimum absolute atomic E-state index is 0.0500. The van der Waals surface area contributed by atoms with Crippen LogP contribution in [0.3, 0.4) is 0 Å². The molecule has 1 rings (SSSR count). The van der Waals surface area contributed by atoms with Gasteiger partial charge in [-0.1, -0.05) is 0 Å². The number of hydrogen-bond donors (Lipinski definition) is 0. The van der Waals surface area contributed by atoms with Gasteiger partial charge in [0.05, 0.1) is 5.54 Å². The second kappa shape index (κ2) is 3.91. The van der Waals surface area contributed by atoms with Crippen LogP contribution in [0.1, 0.15) is 25.0 Å². The normalized spacial score (nSPS) is 11.0. The van der Waals surface area contributed by atoms with E-state index in [4.69, 9.17) is 0 Å². The van der Waals surface area contributed by atoms with E-state index in [1.54, 1.807) is 0 Å². The van der Waals surface area contributed by atoms with Crippen LogP contribution in [0, 0.1) is 18.6 Å². The number of isocyanates is 1. The molecule has 0 bridgehead atoms. The Morgan fingerprint density at radius 1 is 1.27 bits per heavy atom. The smallest absolute Gasteiger partial charge is 0.211 e. The summed E-state index contributed by atoms with van der Waals surface area (Å²) < 4.78 is 26.7. The van der Waals surface area contributed by atoms with E-state index in [-0.39, 0.29) is 11.1 Å². The van der Waals surface area contributed by atoms with Crippen molar-refractivity contribution >= 4 is 6.08 Å². The number of hydrogen-bond acceptors (Lipinski definition) is 2. The molecule has 0 saturated carbocycles. The lowest BCUT2D eigenvalue weighted by Crippen LogP contribution is -2.16. The van der Waals surface area contributed by atoms with Crippen molar-refractivity contribution in [1.29, 1.82) is 0 Å². The van der Waals surface area contributed by atoms with E-state index >= 15 is 0 Å². The zero-order valence-corrected chi connectivity index (χ0v) is 8.77. The van der Waals surface area contributed by atoms with Gasteiger partial charge in [0.15, 0.2) is 0 Å². The molecule has 0 aliphatic carbocycles. The monoisotopic (exact) mass is 211 g/mol. The third-order valence-electron chi connectivity index (χ3n) is 2.23. The van der Waals surface area contributed by atoms with Crippen LogP contribution in [0.15, 0.2) is 17.1 Å². The Bertz CT molecular complexity index is 434. The maximum atomic E-state index is 13.5. The molecule has 1 aromatic rings. The molecule has 0 unspecified atom stereocenters. The zero-order valence-electron chi connectivity index (χ0n) is 8.77. The first-order valence-electron chi connectivity index (χ1n) is 4.43. The molecule has 80 valence electrons. The summed E-state index contributed by atoms with van der Waals surface area (Å²) in [5, 5.41) is 0. The summed E-state index contributed by atoms with van der Waals surface area (Å²) in [4.78, 5) is 13.6. The largest absolute Gasteiger partial charge is 0.235 e. The van der Waals surface area contributed by atoms with E-state index in [0.717, 1.165) is 12.1 Å². The van der Waals surface area contributed by atoms with Crippen LogP contribution >= 0.6 is 0 Å². The second-order valence-electron chi connectivity index (χ2n) is 3.84. The molecule has 15 heavy (non-hydrogen) atoms. The third-order valence-corrected chi connectivity index (χ3v) is 2.23. The summed E-state index contributed by atoms with van der Waals surface area (Å²) in [5.74, 6) is -1.08. The minimum Gasteiger partial charge on any atom is -0.211 e. The van der Waals surface area contributed by atoms with Crippen LogP contribution in [-0.4, -0.2) is 6.08 Å². The summed E-state index contributed by atoms with van der Waals surface area (Å²) in [7, 11) is 0. The molecule has 0 radical (unpaired) electrons. The van der Waals surface area contributed by atoms with Gasteiger partial charge in [-0.25, -0.2) is 13.6 Å². The van der Waals surface area contributed by atoms with Gasteiger partial charge in [-0.15, -0.1) is 0 Å². The molecule has 0 atom stereocenters. The number of carbonyl (C=O) groups excluding carboxylic acids is 1. The zero-order chi connectivity index (χ0) is 11.6. The van der Waals surface area contributed by atoms with Gasteiger partial charge < -0.3 is 0 Å². The molecule has 0 N–H and O–H groups in total. The SMILES string of the molecule is Cc1cc(F)c(C(C)(C)N=C=O)cc1F. The lowest BCUT2D eigenvalue weighted by atomic mass is 9.93. The van der Waals surface area contributed by atoms with Gasteiger partial charge in [0.1, 0.15) is 11.6 Å².